The number of para-hydroxylation sites is 1. The van der Waals surface area contributed by atoms with Crippen molar-refractivity contribution in [3.63, 3.8) is 0 Å². The minimum atomic E-state index is -0.537. The van der Waals surface area contributed by atoms with E-state index in [0.29, 0.717) is 28.4 Å². The maximum Gasteiger partial charge on any atom is 0.276 e. The Bertz CT molecular complexity index is 901. The van der Waals surface area contributed by atoms with Crippen LogP contribution in [0.4, 0.5) is 0 Å². The van der Waals surface area contributed by atoms with E-state index in [4.69, 9.17) is 19.5 Å². The molecule has 0 saturated heterocycles. The van der Waals surface area contributed by atoms with Crippen LogP contribution >= 0.6 is 0 Å². The van der Waals surface area contributed by atoms with Crippen LogP contribution in [0.5, 0.6) is 17.2 Å². The van der Waals surface area contributed by atoms with Crippen LogP contribution in [0.25, 0.3) is 6.08 Å². The van der Waals surface area contributed by atoms with Gasteiger partial charge in [-0.2, -0.15) is 5.26 Å². The third-order valence-corrected chi connectivity index (χ3v) is 3.53. The molecule has 0 bridgehead atoms. The summed E-state index contributed by atoms with van der Waals surface area (Å²) in [6.07, 6.45) is 2.79. The number of rotatable bonds is 7. The van der Waals surface area contributed by atoms with Crippen LogP contribution in [0, 0.1) is 11.3 Å². The standard InChI is InChI=1S/C20H19N3O5/c1-26-17-5-3-4-15(20(17)27-2)8-11-18(24)22-23-19(25)13-28-16-9-6-14(12-21)7-10-16/h3-11H,13H2,1-2H3,(H,22,24)(H,23,25)/b11-8+. The molecule has 0 aliphatic carbocycles. The van der Waals surface area contributed by atoms with Crippen molar-refractivity contribution < 1.29 is 23.8 Å². The Kier molecular flexibility index (Phi) is 7.43. The number of amides is 2. The van der Waals surface area contributed by atoms with Gasteiger partial charge in [0, 0.05) is 11.6 Å². The zero-order valence-corrected chi connectivity index (χ0v) is 15.4. The van der Waals surface area contributed by atoms with E-state index in [1.54, 1.807) is 42.5 Å². The third-order valence-electron chi connectivity index (χ3n) is 3.53. The molecule has 0 atom stereocenters. The molecule has 28 heavy (non-hydrogen) atoms. The van der Waals surface area contributed by atoms with Crippen molar-refractivity contribution in [1.29, 1.82) is 5.26 Å². The van der Waals surface area contributed by atoms with E-state index in [2.05, 4.69) is 10.9 Å². The molecule has 0 saturated carbocycles. The molecule has 0 fully saturated rings. The molecule has 2 rings (SSSR count). The van der Waals surface area contributed by atoms with Gasteiger partial charge in [0.05, 0.1) is 25.9 Å². The van der Waals surface area contributed by atoms with Crippen molar-refractivity contribution in [2.24, 2.45) is 0 Å². The summed E-state index contributed by atoms with van der Waals surface area (Å²) in [6.45, 7) is -0.292. The fraction of sp³-hybridized carbons (Fsp3) is 0.150. The molecule has 2 N–H and O–H groups in total. The lowest BCUT2D eigenvalue weighted by Gasteiger charge is -2.10. The summed E-state index contributed by atoms with van der Waals surface area (Å²) < 4.78 is 15.7. The summed E-state index contributed by atoms with van der Waals surface area (Å²) in [7, 11) is 3.02. The first-order chi connectivity index (χ1) is 13.6. The average Bonchev–Trinajstić information content (AvgIpc) is 2.74. The van der Waals surface area contributed by atoms with E-state index in [1.165, 1.54) is 26.4 Å². The Labute approximate surface area is 162 Å². The molecule has 0 spiro atoms. The van der Waals surface area contributed by atoms with Crippen molar-refractivity contribution >= 4 is 17.9 Å². The van der Waals surface area contributed by atoms with Gasteiger partial charge in [-0.15, -0.1) is 0 Å². The lowest BCUT2D eigenvalue weighted by Crippen LogP contribution is -2.43. The van der Waals surface area contributed by atoms with Gasteiger partial charge in [0.2, 0.25) is 0 Å². The molecule has 144 valence electrons. The van der Waals surface area contributed by atoms with Gasteiger partial charge in [0.1, 0.15) is 5.75 Å². The zero-order chi connectivity index (χ0) is 20.4. The third kappa shape index (κ3) is 5.78. The van der Waals surface area contributed by atoms with Crippen molar-refractivity contribution in [3.05, 3.63) is 59.7 Å². The fourth-order valence-corrected chi connectivity index (χ4v) is 2.19. The molecule has 0 aromatic heterocycles. The number of nitrogens with one attached hydrogen (secondary N) is 2. The van der Waals surface area contributed by atoms with Crippen molar-refractivity contribution in [3.8, 4) is 23.3 Å². The van der Waals surface area contributed by atoms with E-state index in [0.717, 1.165) is 0 Å². The number of carbonyl (C=O) groups is 2. The van der Waals surface area contributed by atoms with Gasteiger partial charge in [-0.25, -0.2) is 0 Å². The lowest BCUT2D eigenvalue weighted by molar-refractivity contribution is -0.128. The topological polar surface area (TPSA) is 110 Å². The van der Waals surface area contributed by atoms with Crippen LogP contribution in [-0.2, 0) is 9.59 Å². The number of hydrogen-bond acceptors (Lipinski definition) is 6. The number of benzene rings is 2. The summed E-state index contributed by atoms with van der Waals surface area (Å²) in [5.41, 5.74) is 5.63. The number of methoxy groups -OCH3 is 2. The van der Waals surface area contributed by atoms with Crippen LogP contribution in [0.3, 0.4) is 0 Å². The van der Waals surface area contributed by atoms with Crippen LogP contribution in [0.2, 0.25) is 0 Å². The first-order valence-corrected chi connectivity index (χ1v) is 8.18. The highest BCUT2D eigenvalue weighted by Gasteiger charge is 2.08. The average molecular weight is 381 g/mol. The second kappa shape index (κ2) is 10.2. The second-order valence-corrected chi connectivity index (χ2v) is 5.38. The van der Waals surface area contributed by atoms with E-state index >= 15 is 0 Å². The molecule has 2 amide bonds. The lowest BCUT2D eigenvalue weighted by atomic mass is 10.1. The molecule has 0 aliphatic rings. The number of hydrazine groups is 1. The molecular formula is C20H19N3O5. The molecule has 0 unspecified atom stereocenters. The largest absolute Gasteiger partial charge is 0.493 e. The predicted octanol–water partition coefficient (Wildman–Crippen LogP) is 1.82. The monoisotopic (exact) mass is 381 g/mol. The highest BCUT2D eigenvalue weighted by atomic mass is 16.5. The number of ether oxygens (including phenoxy) is 3. The van der Waals surface area contributed by atoms with Crippen LogP contribution in [-0.4, -0.2) is 32.6 Å². The molecule has 8 nitrogen and oxygen atoms in total. The van der Waals surface area contributed by atoms with E-state index in [1.807, 2.05) is 6.07 Å². The summed E-state index contributed by atoms with van der Waals surface area (Å²) >= 11 is 0. The Hall–Kier alpha value is -3.99. The van der Waals surface area contributed by atoms with Gasteiger partial charge in [-0.3, -0.25) is 20.4 Å². The van der Waals surface area contributed by atoms with E-state index in [9.17, 15) is 9.59 Å². The van der Waals surface area contributed by atoms with Gasteiger partial charge >= 0.3 is 0 Å². The molecule has 2 aromatic carbocycles. The van der Waals surface area contributed by atoms with Gasteiger partial charge in [0.25, 0.3) is 11.8 Å². The summed E-state index contributed by atoms with van der Waals surface area (Å²) in [5, 5.41) is 8.73. The molecule has 2 aromatic rings. The molecular weight excluding hydrogens is 362 g/mol. The first-order valence-electron chi connectivity index (χ1n) is 8.18. The predicted molar refractivity (Wildman–Crippen MR) is 102 cm³/mol. The molecule has 8 heteroatoms. The highest BCUT2D eigenvalue weighted by molar-refractivity contribution is 5.93. The SMILES string of the molecule is COc1cccc(/C=C/C(=O)NNC(=O)COc2ccc(C#N)cc2)c1OC. The maximum atomic E-state index is 11.9. The molecule has 0 aliphatic heterocycles. The van der Waals surface area contributed by atoms with Gasteiger partial charge < -0.3 is 14.2 Å². The number of nitriles is 1. The van der Waals surface area contributed by atoms with E-state index in [-0.39, 0.29) is 6.61 Å². The summed E-state index contributed by atoms with van der Waals surface area (Å²) in [4.78, 5) is 23.6. The quantitative estimate of drug-likeness (QED) is 0.559. The van der Waals surface area contributed by atoms with Crippen molar-refractivity contribution in [1.82, 2.24) is 10.9 Å². The molecule has 0 radical (unpaired) electrons. The minimum Gasteiger partial charge on any atom is -0.493 e. The van der Waals surface area contributed by atoms with Crippen molar-refractivity contribution in [2.45, 2.75) is 0 Å². The number of carbonyl (C=O) groups excluding carboxylic acids is 2. The molecule has 0 heterocycles. The van der Waals surface area contributed by atoms with Gasteiger partial charge in [-0.05, 0) is 36.4 Å². The Morgan fingerprint density at radius 3 is 2.46 bits per heavy atom. The van der Waals surface area contributed by atoms with E-state index < -0.39 is 11.8 Å². The second-order valence-electron chi connectivity index (χ2n) is 5.38. The summed E-state index contributed by atoms with van der Waals surface area (Å²) in [5.74, 6) is 0.402. The smallest absolute Gasteiger partial charge is 0.276 e. The minimum absolute atomic E-state index is 0.292. The maximum absolute atomic E-state index is 11.9. The fourth-order valence-electron chi connectivity index (χ4n) is 2.19. The normalized spacial score (nSPS) is 10.0. The van der Waals surface area contributed by atoms with Crippen molar-refractivity contribution in [2.75, 3.05) is 20.8 Å². The van der Waals surface area contributed by atoms with Crippen LogP contribution in [0.15, 0.2) is 48.5 Å². The van der Waals surface area contributed by atoms with Gasteiger partial charge in [-0.1, -0.05) is 12.1 Å². The Balaban J connectivity index is 1.82. The Morgan fingerprint density at radius 1 is 1.07 bits per heavy atom. The van der Waals surface area contributed by atoms with Crippen LogP contribution < -0.4 is 25.1 Å². The van der Waals surface area contributed by atoms with Gasteiger partial charge in [0.15, 0.2) is 18.1 Å². The van der Waals surface area contributed by atoms with Crippen LogP contribution in [0.1, 0.15) is 11.1 Å². The summed E-state index contributed by atoms with van der Waals surface area (Å²) in [6, 6.07) is 13.6. The number of hydrogen-bond donors (Lipinski definition) is 2. The first kappa shape index (κ1) is 20.3. The zero-order valence-electron chi connectivity index (χ0n) is 15.4. The number of nitrogens with zero attached hydrogens (tertiary/aromatic N) is 1. The highest BCUT2D eigenvalue weighted by Crippen LogP contribution is 2.31. The Morgan fingerprint density at radius 2 is 1.82 bits per heavy atom.